The molecule has 1 amide bonds. The molecule has 2 heterocycles. The number of nitrogens with zero attached hydrogens (tertiary/aromatic N) is 2. The molecule has 4 rings (SSSR count). The van der Waals surface area contributed by atoms with E-state index in [0.717, 1.165) is 30.5 Å². The minimum atomic E-state index is -4.04. The molecule has 202 valence electrons. The zero-order chi connectivity index (χ0) is 26.6. The molecule has 2 aromatic rings. The molecule has 37 heavy (non-hydrogen) atoms. The van der Waals surface area contributed by atoms with E-state index in [0.29, 0.717) is 38.9 Å². The van der Waals surface area contributed by atoms with Crippen LogP contribution < -0.4 is 10.1 Å². The third-order valence-corrected chi connectivity index (χ3v) is 10.6. The molecule has 2 saturated heterocycles. The van der Waals surface area contributed by atoms with Crippen LogP contribution in [0, 0.1) is 11.7 Å². The predicted molar refractivity (Wildman–Crippen MR) is 136 cm³/mol. The van der Waals surface area contributed by atoms with Crippen molar-refractivity contribution in [2.75, 3.05) is 39.8 Å². The summed E-state index contributed by atoms with van der Waals surface area (Å²) in [6.07, 6.45) is 3.30. The molecule has 0 unspecified atom stereocenters. The Labute approximate surface area is 217 Å². The normalized spacial score (nSPS) is 19.6. The van der Waals surface area contributed by atoms with Gasteiger partial charge in [-0.1, -0.05) is 12.1 Å². The first-order chi connectivity index (χ1) is 17.6. The standard InChI is InChI=1S/C25H32FN3O6S2/c1-35-23-11-8-21(26)17-24(23)37(33,34)29-16-4-5-20(18-29)25(30)27-13-12-19-6-9-22(10-7-19)36(31,32)28-14-2-3-15-28/h6-11,17,20H,2-5,12-16,18H2,1H3,(H,27,30)/t20-/m0/s1. The highest BCUT2D eigenvalue weighted by Crippen LogP contribution is 2.30. The number of ether oxygens (including phenoxy) is 1. The van der Waals surface area contributed by atoms with Gasteiger partial charge in [0.15, 0.2) is 0 Å². The molecule has 9 nitrogen and oxygen atoms in total. The fraction of sp³-hybridized carbons (Fsp3) is 0.480. The maximum Gasteiger partial charge on any atom is 0.246 e. The molecular weight excluding hydrogens is 521 g/mol. The second kappa shape index (κ2) is 11.5. The summed E-state index contributed by atoms with van der Waals surface area (Å²) in [7, 11) is -6.19. The third-order valence-electron chi connectivity index (χ3n) is 6.84. The Hall–Kier alpha value is -2.54. The van der Waals surface area contributed by atoms with Crippen molar-refractivity contribution in [2.45, 2.75) is 41.9 Å². The average Bonchev–Trinajstić information content (AvgIpc) is 3.45. The summed E-state index contributed by atoms with van der Waals surface area (Å²) < 4.78 is 73.3. The van der Waals surface area contributed by atoms with Gasteiger partial charge in [-0.2, -0.15) is 8.61 Å². The van der Waals surface area contributed by atoms with Gasteiger partial charge in [0, 0.05) is 32.7 Å². The van der Waals surface area contributed by atoms with Gasteiger partial charge < -0.3 is 10.1 Å². The van der Waals surface area contributed by atoms with Crippen LogP contribution >= 0.6 is 0 Å². The topological polar surface area (TPSA) is 113 Å². The van der Waals surface area contributed by atoms with Gasteiger partial charge in [-0.05, 0) is 68.0 Å². The van der Waals surface area contributed by atoms with E-state index in [1.807, 2.05) is 0 Å². The van der Waals surface area contributed by atoms with Crippen LogP contribution in [0.4, 0.5) is 4.39 Å². The van der Waals surface area contributed by atoms with E-state index < -0.39 is 31.8 Å². The summed E-state index contributed by atoms with van der Waals surface area (Å²) in [6, 6.07) is 10.0. The lowest BCUT2D eigenvalue weighted by Gasteiger charge is -2.31. The molecule has 2 aliphatic heterocycles. The molecule has 2 aromatic carbocycles. The van der Waals surface area contributed by atoms with Crippen molar-refractivity contribution in [1.82, 2.24) is 13.9 Å². The minimum Gasteiger partial charge on any atom is -0.495 e. The quantitative estimate of drug-likeness (QED) is 0.510. The summed E-state index contributed by atoms with van der Waals surface area (Å²) in [4.78, 5) is 12.8. The molecule has 1 N–H and O–H groups in total. The lowest BCUT2D eigenvalue weighted by molar-refractivity contribution is -0.126. The van der Waals surface area contributed by atoms with Crippen molar-refractivity contribution in [3.8, 4) is 5.75 Å². The first kappa shape index (κ1) is 27.5. The maximum atomic E-state index is 13.8. The fourth-order valence-corrected chi connectivity index (χ4v) is 7.95. The molecule has 1 atom stereocenters. The molecule has 2 aliphatic rings. The van der Waals surface area contributed by atoms with Crippen LogP contribution in [-0.2, 0) is 31.3 Å². The number of benzene rings is 2. The van der Waals surface area contributed by atoms with Gasteiger partial charge in [-0.3, -0.25) is 4.79 Å². The van der Waals surface area contributed by atoms with Crippen LogP contribution in [0.5, 0.6) is 5.75 Å². The van der Waals surface area contributed by atoms with Crippen molar-refractivity contribution in [3.05, 3.63) is 53.8 Å². The van der Waals surface area contributed by atoms with Crippen LogP contribution in [0.25, 0.3) is 0 Å². The largest absolute Gasteiger partial charge is 0.495 e. The number of halogens is 1. The summed E-state index contributed by atoms with van der Waals surface area (Å²) in [5.41, 5.74) is 0.881. The zero-order valence-corrected chi connectivity index (χ0v) is 22.4. The van der Waals surface area contributed by atoms with Gasteiger partial charge in [-0.25, -0.2) is 21.2 Å². The Bertz CT molecular complexity index is 1330. The second-order valence-electron chi connectivity index (χ2n) is 9.29. The highest BCUT2D eigenvalue weighted by molar-refractivity contribution is 7.89. The lowest BCUT2D eigenvalue weighted by atomic mass is 9.99. The summed E-state index contributed by atoms with van der Waals surface area (Å²) >= 11 is 0. The van der Waals surface area contributed by atoms with E-state index in [-0.39, 0.29) is 34.5 Å². The Kier molecular flexibility index (Phi) is 8.52. The highest BCUT2D eigenvalue weighted by atomic mass is 32.2. The number of hydrogen-bond acceptors (Lipinski definition) is 6. The highest BCUT2D eigenvalue weighted by Gasteiger charge is 2.35. The Balaban J connectivity index is 1.33. The number of sulfonamides is 2. The van der Waals surface area contributed by atoms with Crippen LogP contribution in [0.1, 0.15) is 31.2 Å². The monoisotopic (exact) mass is 553 g/mol. The number of carbonyl (C=O) groups excluding carboxylic acids is 1. The van der Waals surface area contributed by atoms with Crippen LogP contribution in [-0.4, -0.2) is 71.2 Å². The SMILES string of the molecule is COc1ccc(F)cc1S(=O)(=O)N1CCC[C@H](C(=O)NCCc2ccc(S(=O)(=O)N3CCCC3)cc2)C1. The Morgan fingerprint density at radius 1 is 0.973 bits per heavy atom. The van der Waals surface area contributed by atoms with Crippen molar-refractivity contribution >= 4 is 26.0 Å². The number of amides is 1. The number of methoxy groups -OCH3 is 1. The lowest BCUT2D eigenvalue weighted by Crippen LogP contribution is -2.45. The zero-order valence-electron chi connectivity index (χ0n) is 20.7. The van der Waals surface area contributed by atoms with Gasteiger partial charge >= 0.3 is 0 Å². The number of rotatable bonds is 9. The molecule has 12 heteroatoms. The first-order valence-electron chi connectivity index (χ1n) is 12.3. The van der Waals surface area contributed by atoms with E-state index >= 15 is 0 Å². The van der Waals surface area contributed by atoms with Crippen molar-refractivity contribution in [2.24, 2.45) is 5.92 Å². The van der Waals surface area contributed by atoms with E-state index in [1.54, 1.807) is 24.3 Å². The van der Waals surface area contributed by atoms with Crippen molar-refractivity contribution in [1.29, 1.82) is 0 Å². The molecule has 0 spiro atoms. The van der Waals surface area contributed by atoms with Crippen LogP contribution in [0.3, 0.4) is 0 Å². The van der Waals surface area contributed by atoms with E-state index in [1.165, 1.54) is 21.8 Å². The smallest absolute Gasteiger partial charge is 0.246 e. The molecule has 0 saturated carbocycles. The molecular formula is C25H32FN3O6S2. The van der Waals surface area contributed by atoms with E-state index in [2.05, 4.69) is 5.32 Å². The van der Waals surface area contributed by atoms with E-state index in [4.69, 9.17) is 4.74 Å². The van der Waals surface area contributed by atoms with Crippen molar-refractivity contribution in [3.63, 3.8) is 0 Å². The summed E-state index contributed by atoms with van der Waals surface area (Å²) in [5, 5.41) is 2.86. The first-order valence-corrected chi connectivity index (χ1v) is 15.2. The number of piperidine rings is 1. The number of hydrogen-bond donors (Lipinski definition) is 1. The van der Waals surface area contributed by atoms with Crippen molar-refractivity contribution < 1.29 is 30.8 Å². The molecule has 0 radical (unpaired) electrons. The minimum absolute atomic E-state index is 0.00308. The van der Waals surface area contributed by atoms with Gasteiger partial charge in [0.1, 0.15) is 16.5 Å². The van der Waals surface area contributed by atoms with Crippen LogP contribution in [0.15, 0.2) is 52.3 Å². The Morgan fingerprint density at radius 3 is 2.32 bits per heavy atom. The fourth-order valence-electron chi connectivity index (χ4n) is 4.75. The number of nitrogens with one attached hydrogen (secondary N) is 1. The molecule has 0 aromatic heterocycles. The average molecular weight is 554 g/mol. The molecule has 2 fully saturated rings. The predicted octanol–water partition coefficient (Wildman–Crippen LogP) is 2.38. The molecule has 0 aliphatic carbocycles. The van der Waals surface area contributed by atoms with E-state index in [9.17, 15) is 26.0 Å². The summed E-state index contributed by atoms with van der Waals surface area (Å²) in [5.74, 6) is -1.42. The van der Waals surface area contributed by atoms with Gasteiger partial charge in [0.2, 0.25) is 26.0 Å². The maximum absolute atomic E-state index is 13.8. The van der Waals surface area contributed by atoms with Gasteiger partial charge in [-0.15, -0.1) is 0 Å². The Morgan fingerprint density at radius 2 is 1.65 bits per heavy atom. The summed E-state index contributed by atoms with van der Waals surface area (Å²) in [6.45, 7) is 1.66. The van der Waals surface area contributed by atoms with Gasteiger partial charge in [0.05, 0.1) is 17.9 Å². The van der Waals surface area contributed by atoms with Gasteiger partial charge in [0.25, 0.3) is 0 Å². The third kappa shape index (κ3) is 6.14. The number of carbonyl (C=O) groups is 1. The van der Waals surface area contributed by atoms with Crippen LogP contribution in [0.2, 0.25) is 0 Å². The molecule has 0 bridgehead atoms. The second-order valence-corrected chi connectivity index (χ2v) is 13.1.